The van der Waals surface area contributed by atoms with Crippen molar-refractivity contribution in [3.05, 3.63) is 29.6 Å². The molecule has 1 saturated heterocycles. The molecular weight excluding hydrogens is 241 g/mol. The Kier molecular flexibility index (Phi) is 4.77. The quantitative estimate of drug-likeness (QED) is 0.902. The molecule has 1 aliphatic rings. The predicted molar refractivity (Wildman–Crippen MR) is 78.1 cm³/mol. The Balaban J connectivity index is 2.24. The largest absolute Gasteiger partial charge is 0.367 e. The van der Waals surface area contributed by atoms with Gasteiger partial charge in [0, 0.05) is 31.4 Å². The van der Waals surface area contributed by atoms with E-state index in [1.807, 2.05) is 7.05 Å². The molecule has 0 aliphatic carbocycles. The summed E-state index contributed by atoms with van der Waals surface area (Å²) in [7, 11) is 4.03. The maximum Gasteiger partial charge on any atom is 0.125 e. The molecule has 4 heteroatoms. The summed E-state index contributed by atoms with van der Waals surface area (Å²) in [5, 5.41) is 3.08. The average molecular weight is 265 g/mol. The molecule has 1 aromatic rings. The third-order valence-electron chi connectivity index (χ3n) is 3.70. The van der Waals surface area contributed by atoms with Crippen molar-refractivity contribution < 1.29 is 4.39 Å². The smallest absolute Gasteiger partial charge is 0.125 e. The Morgan fingerprint density at radius 3 is 2.84 bits per heavy atom. The molecule has 1 aliphatic heterocycles. The molecule has 1 N–H and O–H groups in total. The molecule has 3 nitrogen and oxygen atoms in total. The lowest BCUT2D eigenvalue weighted by molar-refractivity contribution is 0.337. The van der Waals surface area contributed by atoms with Crippen molar-refractivity contribution in [3.63, 3.8) is 0 Å². The van der Waals surface area contributed by atoms with Crippen molar-refractivity contribution in [2.24, 2.45) is 0 Å². The number of halogens is 1. The number of benzene rings is 1. The van der Waals surface area contributed by atoms with Gasteiger partial charge in [-0.25, -0.2) is 4.39 Å². The normalized spacial score (nSPS) is 21.5. The maximum atomic E-state index is 13.7. The highest BCUT2D eigenvalue weighted by atomic mass is 19.1. The van der Waals surface area contributed by atoms with Crippen molar-refractivity contribution in [2.75, 3.05) is 38.6 Å². The van der Waals surface area contributed by atoms with E-state index in [1.165, 1.54) is 0 Å². The minimum absolute atomic E-state index is 0.146. The minimum Gasteiger partial charge on any atom is -0.367 e. The van der Waals surface area contributed by atoms with Crippen molar-refractivity contribution >= 4 is 5.69 Å². The first-order chi connectivity index (χ1) is 9.10. The van der Waals surface area contributed by atoms with Crippen LogP contribution in [0.25, 0.3) is 0 Å². The highest BCUT2D eigenvalue weighted by Crippen LogP contribution is 2.23. The van der Waals surface area contributed by atoms with Crippen LogP contribution in [-0.4, -0.2) is 44.7 Å². The van der Waals surface area contributed by atoms with E-state index in [9.17, 15) is 4.39 Å². The van der Waals surface area contributed by atoms with Crippen LogP contribution < -0.4 is 10.2 Å². The van der Waals surface area contributed by atoms with Crippen molar-refractivity contribution in [2.45, 2.75) is 25.9 Å². The van der Waals surface area contributed by atoms with Gasteiger partial charge in [0.15, 0.2) is 0 Å². The topological polar surface area (TPSA) is 18.5 Å². The second-order valence-electron chi connectivity index (χ2n) is 5.51. The minimum atomic E-state index is -0.146. The molecule has 1 heterocycles. The molecule has 0 aromatic heterocycles. The van der Waals surface area contributed by atoms with Crippen LogP contribution in [0.5, 0.6) is 0 Å². The van der Waals surface area contributed by atoms with Crippen LogP contribution in [-0.2, 0) is 6.54 Å². The van der Waals surface area contributed by atoms with Gasteiger partial charge in [-0.15, -0.1) is 0 Å². The van der Waals surface area contributed by atoms with Crippen molar-refractivity contribution in [1.82, 2.24) is 10.2 Å². The van der Waals surface area contributed by atoms with Crippen LogP contribution in [0.15, 0.2) is 18.2 Å². The Bertz CT molecular complexity index is 422. The first kappa shape index (κ1) is 14.3. The van der Waals surface area contributed by atoms with Gasteiger partial charge in [-0.05, 0) is 57.7 Å². The summed E-state index contributed by atoms with van der Waals surface area (Å²) in [5.74, 6) is -0.146. The lowest BCUT2D eigenvalue weighted by Gasteiger charge is -2.30. The highest BCUT2D eigenvalue weighted by Gasteiger charge is 2.20. The van der Waals surface area contributed by atoms with E-state index in [2.05, 4.69) is 35.2 Å². The molecule has 1 aromatic carbocycles. The monoisotopic (exact) mass is 265 g/mol. The molecule has 1 atom stereocenters. The van der Waals surface area contributed by atoms with Crippen molar-refractivity contribution in [1.29, 1.82) is 0 Å². The average Bonchev–Trinajstić information content (AvgIpc) is 2.49. The first-order valence-electron chi connectivity index (χ1n) is 6.99. The summed E-state index contributed by atoms with van der Waals surface area (Å²) in [6.45, 7) is 6.04. The number of rotatable bonds is 3. The second-order valence-corrected chi connectivity index (χ2v) is 5.51. The van der Waals surface area contributed by atoms with E-state index in [4.69, 9.17) is 0 Å². The molecule has 19 heavy (non-hydrogen) atoms. The summed E-state index contributed by atoms with van der Waals surface area (Å²) in [4.78, 5) is 4.67. The maximum absolute atomic E-state index is 13.7. The molecular formula is C15H24FN3. The molecule has 0 radical (unpaired) electrons. The van der Waals surface area contributed by atoms with E-state index in [0.717, 1.165) is 37.3 Å². The van der Waals surface area contributed by atoms with Gasteiger partial charge >= 0.3 is 0 Å². The highest BCUT2D eigenvalue weighted by molar-refractivity contribution is 5.50. The third kappa shape index (κ3) is 3.67. The SMILES string of the molecule is CNCc1cc(F)cc(N2CCCN(C)CC2C)c1. The number of nitrogens with zero attached hydrogens (tertiary/aromatic N) is 2. The summed E-state index contributed by atoms with van der Waals surface area (Å²) in [6, 6.07) is 5.77. The van der Waals surface area contributed by atoms with Gasteiger partial charge in [0.2, 0.25) is 0 Å². The van der Waals surface area contributed by atoms with Crippen molar-refractivity contribution in [3.8, 4) is 0 Å². The van der Waals surface area contributed by atoms with Gasteiger partial charge in [-0.1, -0.05) is 0 Å². The van der Waals surface area contributed by atoms with Gasteiger partial charge < -0.3 is 15.1 Å². The fourth-order valence-electron chi connectivity index (χ4n) is 2.86. The summed E-state index contributed by atoms with van der Waals surface area (Å²) in [5.41, 5.74) is 2.01. The molecule has 0 amide bonds. The number of hydrogen-bond donors (Lipinski definition) is 1. The zero-order valence-electron chi connectivity index (χ0n) is 12.1. The molecule has 0 saturated carbocycles. The molecule has 1 unspecified atom stereocenters. The molecule has 2 rings (SSSR count). The van der Waals surface area contributed by atoms with Gasteiger partial charge in [0.25, 0.3) is 0 Å². The number of anilines is 1. The molecule has 0 bridgehead atoms. The Morgan fingerprint density at radius 2 is 2.11 bits per heavy atom. The lowest BCUT2D eigenvalue weighted by atomic mass is 10.1. The van der Waals surface area contributed by atoms with Crippen LogP contribution in [0.2, 0.25) is 0 Å². The number of nitrogens with one attached hydrogen (secondary N) is 1. The standard InChI is InChI=1S/C15H24FN3/c1-12-11-18(3)5-4-6-19(12)15-8-13(10-17-2)7-14(16)9-15/h7-9,12,17H,4-6,10-11H2,1-3H3. The van der Waals surface area contributed by atoms with Crippen LogP contribution in [0.1, 0.15) is 18.9 Å². The van der Waals surface area contributed by atoms with Gasteiger partial charge in [-0.3, -0.25) is 0 Å². The molecule has 1 fully saturated rings. The van der Waals surface area contributed by atoms with Gasteiger partial charge in [0.1, 0.15) is 5.82 Å². The summed E-state index contributed by atoms with van der Waals surface area (Å²) >= 11 is 0. The van der Waals surface area contributed by atoms with E-state index >= 15 is 0 Å². The van der Waals surface area contributed by atoms with Crippen LogP contribution >= 0.6 is 0 Å². The van der Waals surface area contributed by atoms with Crippen LogP contribution in [0, 0.1) is 5.82 Å². The lowest BCUT2D eigenvalue weighted by Crippen LogP contribution is -2.38. The summed E-state index contributed by atoms with van der Waals surface area (Å²) < 4.78 is 13.7. The second kappa shape index (κ2) is 6.35. The van der Waals surface area contributed by atoms with E-state index in [-0.39, 0.29) is 5.82 Å². The van der Waals surface area contributed by atoms with Crippen LogP contribution in [0.3, 0.4) is 0 Å². The van der Waals surface area contributed by atoms with Gasteiger partial charge in [0.05, 0.1) is 0 Å². The zero-order valence-corrected chi connectivity index (χ0v) is 12.1. The Labute approximate surface area is 115 Å². The molecule has 0 spiro atoms. The van der Waals surface area contributed by atoms with Gasteiger partial charge in [-0.2, -0.15) is 0 Å². The fourth-order valence-corrected chi connectivity index (χ4v) is 2.86. The summed E-state index contributed by atoms with van der Waals surface area (Å²) in [6.07, 6.45) is 1.12. The first-order valence-corrected chi connectivity index (χ1v) is 6.99. The van der Waals surface area contributed by atoms with E-state index in [1.54, 1.807) is 12.1 Å². The van der Waals surface area contributed by atoms with E-state index < -0.39 is 0 Å². The van der Waals surface area contributed by atoms with E-state index in [0.29, 0.717) is 12.6 Å². The fraction of sp³-hybridized carbons (Fsp3) is 0.600. The molecule has 106 valence electrons. The van der Waals surface area contributed by atoms with Crippen LogP contribution in [0.4, 0.5) is 10.1 Å². The number of likely N-dealkylation sites (N-methyl/N-ethyl adjacent to an activating group) is 1. The Morgan fingerprint density at radius 1 is 1.32 bits per heavy atom. The third-order valence-corrected chi connectivity index (χ3v) is 3.70. The number of hydrogen-bond acceptors (Lipinski definition) is 3. The predicted octanol–water partition coefficient (Wildman–Crippen LogP) is 2.08. The Hall–Kier alpha value is -1.13. The zero-order chi connectivity index (χ0) is 13.8.